The monoisotopic (exact) mass is 319 g/mol. The largest absolute Gasteiger partial charge is 0.423 e. The van der Waals surface area contributed by atoms with Gasteiger partial charge in [0.2, 0.25) is 6.29 Å². The maximum Gasteiger partial charge on any atom is 0.386 e. The Morgan fingerprint density at radius 3 is 2.78 bits per heavy atom. The van der Waals surface area contributed by atoms with E-state index in [9.17, 15) is 10.0 Å². The number of carbonyl (C=O) groups excluding carboxylic acids is 1. The highest BCUT2D eigenvalue weighted by molar-refractivity contribution is 5.88. The average molecular weight is 319 g/mol. The topological polar surface area (TPSA) is 68.2 Å². The summed E-state index contributed by atoms with van der Waals surface area (Å²) in [5.74, 6) is 3.53. The van der Waals surface area contributed by atoms with Crippen molar-refractivity contribution in [3.05, 3.63) is 35.9 Å². The number of hydrogen-bond donors (Lipinski definition) is 1. The minimum Gasteiger partial charge on any atom is -0.423 e. The van der Waals surface area contributed by atoms with Crippen molar-refractivity contribution in [2.75, 3.05) is 6.61 Å². The quantitative estimate of drug-likeness (QED) is 0.396. The molecular weight excluding hydrogens is 298 g/mol. The summed E-state index contributed by atoms with van der Waals surface area (Å²) in [7, 11) is 0. The molecule has 1 fully saturated rings. The molecule has 23 heavy (non-hydrogen) atoms. The van der Waals surface area contributed by atoms with Gasteiger partial charge < -0.3 is 19.4 Å². The summed E-state index contributed by atoms with van der Waals surface area (Å²) in [6.07, 6.45) is -0.753. The number of nitrogens with zero attached hydrogens (tertiary/aromatic N) is 1. The van der Waals surface area contributed by atoms with E-state index in [-0.39, 0.29) is 6.61 Å². The van der Waals surface area contributed by atoms with E-state index in [2.05, 4.69) is 11.8 Å². The van der Waals surface area contributed by atoms with Crippen molar-refractivity contribution in [3.8, 4) is 11.8 Å². The van der Waals surface area contributed by atoms with Gasteiger partial charge in [0.1, 0.15) is 6.61 Å². The Bertz CT molecular complexity index is 590. The van der Waals surface area contributed by atoms with Crippen molar-refractivity contribution < 1.29 is 24.2 Å². The van der Waals surface area contributed by atoms with Gasteiger partial charge in [0.15, 0.2) is 5.79 Å². The second-order valence-electron chi connectivity index (χ2n) is 5.69. The van der Waals surface area contributed by atoms with E-state index in [1.807, 2.05) is 30.3 Å². The van der Waals surface area contributed by atoms with Crippen LogP contribution in [0.25, 0.3) is 0 Å². The van der Waals surface area contributed by atoms with E-state index in [0.717, 1.165) is 10.6 Å². The van der Waals surface area contributed by atoms with Gasteiger partial charge in [-0.3, -0.25) is 0 Å². The zero-order chi connectivity index (χ0) is 16.9. The Hall–Kier alpha value is -1.91. The molecule has 1 aromatic carbocycles. The summed E-state index contributed by atoms with van der Waals surface area (Å²) in [6.45, 7) is 5.67. The second-order valence-corrected chi connectivity index (χ2v) is 5.69. The third-order valence-electron chi connectivity index (χ3n) is 3.24. The molecule has 0 aliphatic carbocycles. The first-order valence-electron chi connectivity index (χ1n) is 7.39. The first-order valence-corrected chi connectivity index (χ1v) is 7.39. The van der Waals surface area contributed by atoms with Gasteiger partial charge in [-0.05, 0) is 26.3 Å². The molecule has 1 aliphatic heterocycles. The van der Waals surface area contributed by atoms with Gasteiger partial charge in [0, 0.05) is 5.92 Å². The standard InChI is InChI=1S/C17H21NO5/c1-13(18(20)11-14-7-5-4-6-8-14)9-10-15(19)22-16-12-21-17(2,3)23-16/h4-8,13,16,20H,11-12H2,1-3H3/t13?,16-/m1/s1. The van der Waals surface area contributed by atoms with Crippen molar-refractivity contribution in [3.63, 3.8) is 0 Å². The molecule has 6 heteroatoms. The van der Waals surface area contributed by atoms with Crippen LogP contribution in [0.15, 0.2) is 30.3 Å². The Morgan fingerprint density at radius 1 is 1.48 bits per heavy atom. The fraction of sp³-hybridized carbons (Fsp3) is 0.471. The molecule has 1 unspecified atom stereocenters. The van der Waals surface area contributed by atoms with E-state index in [1.54, 1.807) is 20.8 Å². The number of esters is 1. The smallest absolute Gasteiger partial charge is 0.386 e. The molecule has 0 bridgehead atoms. The summed E-state index contributed by atoms with van der Waals surface area (Å²) in [5, 5.41) is 11.0. The Labute approximate surface area is 135 Å². The molecule has 124 valence electrons. The van der Waals surface area contributed by atoms with Crippen LogP contribution in [0.1, 0.15) is 26.3 Å². The minimum atomic E-state index is -0.761. The summed E-state index contributed by atoms with van der Waals surface area (Å²) < 4.78 is 15.7. The number of hydroxylamine groups is 2. The van der Waals surface area contributed by atoms with E-state index in [4.69, 9.17) is 14.2 Å². The molecule has 0 amide bonds. The van der Waals surface area contributed by atoms with Gasteiger partial charge in [-0.15, -0.1) is 0 Å². The molecule has 0 spiro atoms. The zero-order valence-electron chi connectivity index (χ0n) is 13.5. The summed E-state index contributed by atoms with van der Waals surface area (Å²) in [4.78, 5) is 11.7. The maximum atomic E-state index is 11.7. The lowest BCUT2D eigenvalue weighted by Gasteiger charge is -2.18. The molecule has 0 aromatic heterocycles. The highest BCUT2D eigenvalue weighted by Gasteiger charge is 2.34. The summed E-state index contributed by atoms with van der Waals surface area (Å²) in [6, 6.07) is 8.97. The molecule has 1 aromatic rings. The molecule has 1 heterocycles. The molecule has 0 saturated carbocycles. The highest BCUT2D eigenvalue weighted by Crippen LogP contribution is 2.22. The predicted molar refractivity (Wildman–Crippen MR) is 82.0 cm³/mol. The number of ether oxygens (including phenoxy) is 3. The van der Waals surface area contributed by atoms with Crippen LogP contribution >= 0.6 is 0 Å². The van der Waals surface area contributed by atoms with Crippen molar-refractivity contribution >= 4 is 5.97 Å². The lowest BCUT2D eigenvalue weighted by atomic mass is 10.2. The van der Waals surface area contributed by atoms with Gasteiger partial charge in [-0.2, -0.15) is 5.06 Å². The van der Waals surface area contributed by atoms with E-state index >= 15 is 0 Å². The number of rotatable bonds is 4. The van der Waals surface area contributed by atoms with Gasteiger partial charge >= 0.3 is 5.97 Å². The molecule has 2 atom stereocenters. The zero-order valence-corrected chi connectivity index (χ0v) is 13.5. The first kappa shape index (κ1) is 17.4. The molecular formula is C17H21NO5. The normalized spacial score (nSPS) is 20.7. The fourth-order valence-electron chi connectivity index (χ4n) is 2.01. The Morgan fingerprint density at radius 2 is 2.17 bits per heavy atom. The van der Waals surface area contributed by atoms with Crippen molar-refractivity contribution in [2.45, 2.75) is 45.4 Å². The third kappa shape index (κ3) is 5.66. The second kappa shape index (κ2) is 7.57. The molecule has 1 aliphatic rings. The van der Waals surface area contributed by atoms with E-state index < -0.39 is 24.1 Å². The molecule has 1 saturated heterocycles. The average Bonchev–Trinajstić information content (AvgIpc) is 2.84. The Balaban J connectivity index is 1.81. The van der Waals surface area contributed by atoms with Crippen molar-refractivity contribution in [1.29, 1.82) is 0 Å². The maximum absolute atomic E-state index is 11.7. The van der Waals surface area contributed by atoms with Crippen LogP contribution in [0.2, 0.25) is 0 Å². The number of carbonyl (C=O) groups is 1. The van der Waals surface area contributed by atoms with Crippen LogP contribution in [0.4, 0.5) is 0 Å². The third-order valence-corrected chi connectivity index (χ3v) is 3.24. The van der Waals surface area contributed by atoms with Crippen LogP contribution in [0, 0.1) is 11.8 Å². The van der Waals surface area contributed by atoms with Gasteiger partial charge in [-0.1, -0.05) is 36.3 Å². The van der Waals surface area contributed by atoms with Crippen LogP contribution < -0.4 is 0 Å². The van der Waals surface area contributed by atoms with Crippen LogP contribution in [-0.2, 0) is 25.5 Å². The molecule has 1 N–H and O–H groups in total. The summed E-state index contributed by atoms with van der Waals surface area (Å²) >= 11 is 0. The van der Waals surface area contributed by atoms with Crippen LogP contribution in [0.3, 0.4) is 0 Å². The SMILES string of the molecule is CC(C#CC(=O)O[C@H]1COC(C)(C)O1)N(O)Cc1ccccc1. The van der Waals surface area contributed by atoms with Crippen molar-refractivity contribution in [1.82, 2.24) is 5.06 Å². The van der Waals surface area contributed by atoms with Crippen LogP contribution in [-0.4, -0.2) is 41.0 Å². The van der Waals surface area contributed by atoms with E-state index in [0.29, 0.717) is 6.54 Å². The molecule has 0 radical (unpaired) electrons. The van der Waals surface area contributed by atoms with Gasteiger partial charge in [0.05, 0.1) is 12.6 Å². The fourth-order valence-corrected chi connectivity index (χ4v) is 2.01. The first-order chi connectivity index (χ1) is 10.9. The number of benzene rings is 1. The Kier molecular flexibility index (Phi) is 5.74. The van der Waals surface area contributed by atoms with E-state index in [1.165, 1.54) is 0 Å². The number of hydrogen-bond acceptors (Lipinski definition) is 6. The van der Waals surface area contributed by atoms with Gasteiger partial charge in [-0.25, -0.2) is 4.79 Å². The minimum absolute atomic E-state index is 0.177. The predicted octanol–water partition coefficient (Wildman–Crippen LogP) is 1.92. The lowest BCUT2D eigenvalue weighted by molar-refractivity contribution is -0.193. The van der Waals surface area contributed by atoms with Crippen LogP contribution in [0.5, 0.6) is 0 Å². The van der Waals surface area contributed by atoms with Crippen molar-refractivity contribution in [2.24, 2.45) is 0 Å². The van der Waals surface area contributed by atoms with Gasteiger partial charge in [0.25, 0.3) is 0 Å². The highest BCUT2D eigenvalue weighted by atomic mass is 16.8. The summed E-state index contributed by atoms with van der Waals surface area (Å²) in [5.41, 5.74) is 0.949. The lowest BCUT2D eigenvalue weighted by Crippen LogP contribution is -2.28. The molecule has 2 rings (SSSR count). The molecule has 6 nitrogen and oxygen atoms in total.